The highest BCUT2D eigenvalue weighted by Gasteiger charge is 2.09. The maximum Gasteiger partial charge on any atom is 0.124 e. The van der Waals surface area contributed by atoms with Gasteiger partial charge in [-0.15, -0.1) is 0 Å². The van der Waals surface area contributed by atoms with Crippen LogP contribution in [0, 0.1) is 5.82 Å². The zero-order valence-electron chi connectivity index (χ0n) is 15.4. The molecule has 1 heterocycles. The van der Waals surface area contributed by atoms with Gasteiger partial charge in [-0.3, -0.25) is 4.90 Å². The molecule has 1 aliphatic rings. The van der Waals surface area contributed by atoms with Crippen molar-refractivity contribution in [3.8, 4) is 5.75 Å². The van der Waals surface area contributed by atoms with E-state index >= 15 is 0 Å². The lowest BCUT2D eigenvalue weighted by Crippen LogP contribution is -2.37. The molecule has 0 bridgehead atoms. The molecule has 146 valence electrons. The summed E-state index contributed by atoms with van der Waals surface area (Å²) < 4.78 is 24.4. The van der Waals surface area contributed by atoms with Gasteiger partial charge in [0.05, 0.1) is 18.2 Å². The van der Waals surface area contributed by atoms with Crippen molar-refractivity contribution >= 4 is 11.6 Å². The van der Waals surface area contributed by atoms with Crippen LogP contribution in [0.3, 0.4) is 0 Å². The average molecular weight is 393 g/mol. The minimum Gasteiger partial charge on any atom is -0.489 e. The summed E-state index contributed by atoms with van der Waals surface area (Å²) >= 11 is 6.07. The molecule has 0 saturated carbocycles. The van der Waals surface area contributed by atoms with Crippen LogP contribution in [0.5, 0.6) is 5.75 Å². The van der Waals surface area contributed by atoms with Crippen LogP contribution in [0.4, 0.5) is 4.39 Å². The predicted molar refractivity (Wildman–Crippen MR) is 106 cm³/mol. The molecular weight excluding hydrogens is 367 g/mol. The van der Waals surface area contributed by atoms with E-state index in [1.165, 1.54) is 12.1 Å². The average Bonchev–Trinajstić information content (AvgIpc) is 2.69. The van der Waals surface area contributed by atoms with E-state index in [1.54, 1.807) is 6.07 Å². The number of ether oxygens (including phenoxy) is 2. The van der Waals surface area contributed by atoms with E-state index in [0.29, 0.717) is 11.6 Å². The van der Waals surface area contributed by atoms with Crippen LogP contribution >= 0.6 is 11.6 Å². The molecule has 0 radical (unpaired) electrons. The Morgan fingerprint density at radius 3 is 2.74 bits per heavy atom. The second-order valence-corrected chi connectivity index (χ2v) is 7.02. The summed E-state index contributed by atoms with van der Waals surface area (Å²) in [6.45, 7) is 6.86. The Bertz CT molecular complexity index is 723. The van der Waals surface area contributed by atoms with E-state index in [0.717, 1.165) is 69.2 Å². The molecule has 1 aliphatic heterocycles. The van der Waals surface area contributed by atoms with Crippen molar-refractivity contribution in [2.75, 3.05) is 39.4 Å². The van der Waals surface area contributed by atoms with Gasteiger partial charge < -0.3 is 14.8 Å². The van der Waals surface area contributed by atoms with E-state index in [-0.39, 0.29) is 5.82 Å². The highest BCUT2D eigenvalue weighted by Crippen LogP contribution is 2.22. The van der Waals surface area contributed by atoms with Crippen molar-refractivity contribution < 1.29 is 13.9 Å². The first kappa shape index (κ1) is 20.1. The van der Waals surface area contributed by atoms with E-state index in [9.17, 15) is 4.39 Å². The fourth-order valence-corrected chi connectivity index (χ4v) is 3.28. The van der Waals surface area contributed by atoms with Gasteiger partial charge in [0.15, 0.2) is 0 Å². The Balaban J connectivity index is 1.44. The third-order valence-corrected chi connectivity index (χ3v) is 4.97. The highest BCUT2D eigenvalue weighted by molar-refractivity contribution is 6.31. The third-order valence-electron chi connectivity index (χ3n) is 4.62. The molecule has 1 fully saturated rings. The van der Waals surface area contributed by atoms with Gasteiger partial charge in [-0.1, -0.05) is 35.9 Å². The van der Waals surface area contributed by atoms with Gasteiger partial charge >= 0.3 is 0 Å². The number of hydrogen-bond acceptors (Lipinski definition) is 4. The number of halogens is 2. The molecule has 3 rings (SSSR count). The van der Waals surface area contributed by atoms with Gasteiger partial charge in [-0.25, -0.2) is 4.39 Å². The van der Waals surface area contributed by atoms with Gasteiger partial charge in [0.1, 0.15) is 18.2 Å². The fraction of sp³-hybridized carbons (Fsp3) is 0.429. The molecule has 2 aromatic rings. The van der Waals surface area contributed by atoms with E-state index in [1.807, 2.05) is 18.2 Å². The summed E-state index contributed by atoms with van der Waals surface area (Å²) in [7, 11) is 0. The normalized spacial score (nSPS) is 15.0. The summed E-state index contributed by atoms with van der Waals surface area (Å²) in [5.74, 6) is 0.476. The number of nitrogens with zero attached hydrogens (tertiary/aromatic N) is 1. The number of rotatable bonds is 9. The van der Waals surface area contributed by atoms with Crippen LogP contribution in [-0.2, 0) is 17.9 Å². The van der Waals surface area contributed by atoms with Crippen molar-refractivity contribution in [1.29, 1.82) is 0 Å². The maximum absolute atomic E-state index is 13.2. The molecule has 0 spiro atoms. The molecule has 0 amide bonds. The first-order valence-electron chi connectivity index (χ1n) is 9.38. The van der Waals surface area contributed by atoms with Gasteiger partial charge in [0.25, 0.3) is 0 Å². The summed E-state index contributed by atoms with van der Waals surface area (Å²) in [5, 5.41) is 3.87. The number of nitrogens with one attached hydrogen (secondary N) is 1. The Morgan fingerprint density at radius 2 is 1.93 bits per heavy atom. The van der Waals surface area contributed by atoms with Gasteiger partial charge in [0.2, 0.25) is 0 Å². The highest BCUT2D eigenvalue weighted by atomic mass is 35.5. The van der Waals surface area contributed by atoms with Crippen LogP contribution in [-0.4, -0.2) is 44.3 Å². The minimum atomic E-state index is -0.342. The smallest absolute Gasteiger partial charge is 0.124 e. The molecule has 1 N–H and O–H groups in total. The lowest BCUT2D eigenvalue weighted by atomic mass is 10.2. The van der Waals surface area contributed by atoms with E-state index in [2.05, 4.69) is 16.3 Å². The van der Waals surface area contributed by atoms with Crippen LogP contribution in [0.2, 0.25) is 5.02 Å². The third kappa shape index (κ3) is 6.47. The zero-order chi connectivity index (χ0) is 18.9. The van der Waals surface area contributed by atoms with Crippen LogP contribution in [0.15, 0.2) is 42.5 Å². The van der Waals surface area contributed by atoms with E-state index < -0.39 is 0 Å². The van der Waals surface area contributed by atoms with Gasteiger partial charge in [-0.05, 0) is 37.7 Å². The lowest BCUT2D eigenvalue weighted by Gasteiger charge is -2.26. The number of para-hydroxylation sites is 1. The topological polar surface area (TPSA) is 33.7 Å². The Hall–Kier alpha value is -1.66. The van der Waals surface area contributed by atoms with Crippen molar-refractivity contribution in [2.45, 2.75) is 19.6 Å². The second kappa shape index (κ2) is 10.6. The molecule has 27 heavy (non-hydrogen) atoms. The fourth-order valence-electron chi connectivity index (χ4n) is 3.06. The van der Waals surface area contributed by atoms with Crippen molar-refractivity contribution in [3.63, 3.8) is 0 Å². The standard InChI is InChI=1S/C21H26ClFN2O2/c22-20-14-19(23)7-6-18(20)16-27-21-5-2-1-4-17(21)15-24-8-3-9-25-10-12-26-13-11-25/h1-2,4-7,14,24H,3,8-13,15-16H2. The summed E-state index contributed by atoms with van der Waals surface area (Å²) in [5.41, 5.74) is 1.87. The van der Waals surface area contributed by atoms with Crippen molar-refractivity contribution in [2.24, 2.45) is 0 Å². The van der Waals surface area contributed by atoms with Crippen molar-refractivity contribution in [1.82, 2.24) is 10.2 Å². The quantitative estimate of drug-likeness (QED) is 0.657. The molecule has 4 nitrogen and oxygen atoms in total. The molecule has 6 heteroatoms. The molecule has 0 unspecified atom stereocenters. The van der Waals surface area contributed by atoms with Gasteiger partial charge in [-0.2, -0.15) is 0 Å². The number of benzene rings is 2. The zero-order valence-corrected chi connectivity index (χ0v) is 16.2. The summed E-state index contributed by atoms with van der Waals surface area (Å²) in [6, 6.07) is 12.3. The largest absolute Gasteiger partial charge is 0.489 e. The number of hydrogen-bond donors (Lipinski definition) is 1. The van der Waals surface area contributed by atoms with Crippen LogP contribution in [0.25, 0.3) is 0 Å². The van der Waals surface area contributed by atoms with Crippen LogP contribution < -0.4 is 10.1 Å². The second-order valence-electron chi connectivity index (χ2n) is 6.62. The molecule has 0 aliphatic carbocycles. The first-order chi connectivity index (χ1) is 13.2. The molecular formula is C21H26ClFN2O2. The van der Waals surface area contributed by atoms with Crippen LogP contribution in [0.1, 0.15) is 17.5 Å². The molecule has 2 aromatic carbocycles. The SMILES string of the molecule is Fc1ccc(COc2ccccc2CNCCCN2CCOCC2)c(Cl)c1. The molecule has 0 aromatic heterocycles. The molecule has 1 saturated heterocycles. The minimum absolute atomic E-state index is 0.313. The predicted octanol–water partition coefficient (Wildman–Crippen LogP) is 3.87. The first-order valence-corrected chi connectivity index (χ1v) is 9.75. The van der Waals surface area contributed by atoms with Gasteiger partial charge in [0, 0.05) is 30.8 Å². The monoisotopic (exact) mass is 392 g/mol. The van der Waals surface area contributed by atoms with Crippen molar-refractivity contribution in [3.05, 3.63) is 64.4 Å². The summed E-state index contributed by atoms with van der Waals surface area (Å²) in [6.07, 6.45) is 1.11. The van der Waals surface area contributed by atoms with E-state index in [4.69, 9.17) is 21.1 Å². The molecule has 0 atom stereocenters. The Kier molecular flexibility index (Phi) is 7.90. The number of morpholine rings is 1. The Morgan fingerprint density at radius 1 is 1.11 bits per heavy atom. The maximum atomic E-state index is 13.2. The summed E-state index contributed by atoms with van der Waals surface area (Å²) in [4.78, 5) is 2.44. The Labute approximate surface area is 165 Å². The lowest BCUT2D eigenvalue weighted by molar-refractivity contribution is 0.0374.